The first-order chi connectivity index (χ1) is 9.97. The summed E-state index contributed by atoms with van der Waals surface area (Å²) < 4.78 is 0. The highest BCUT2D eigenvalue weighted by Crippen LogP contribution is 2.37. The summed E-state index contributed by atoms with van der Waals surface area (Å²) in [6, 6.07) is 0. The molecule has 0 atom stereocenters. The predicted octanol–water partition coefficient (Wildman–Crippen LogP) is 5.46. The van der Waals surface area contributed by atoms with Crippen LogP contribution in [0.4, 0.5) is 0 Å². The van der Waals surface area contributed by atoms with Crippen LogP contribution in [0, 0.1) is 0 Å². The monoisotopic (exact) mass is 311 g/mol. The van der Waals surface area contributed by atoms with Crippen LogP contribution >= 0.6 is 11.6 Å². The van der Waals surface area contributed by atoms with Gasteiger partial charge in [-0.15, -0.1) is 0 Å². The number of hydrogen-bond acceptors (Lipinski definition) is 3. The van der Waals surface area contributed by atoms with Crippen LogP contribution < -0.4 is 0 Å². The van der Waals surface area contributed by atoms with Gasteiger partial charge in [0.2, 0.25) is 5.28 Å². The molecule has 0 bridgehead atoms. The topological polar surface area (TPSA) is 38.7 Å². The maximum absolute atomic E-state index is 6.24. The second-order valence-electron chi connectivity index (χ2n) is 5.93. The van der Waals surface area contributed by atoms with E-state index in [1.165, 1.54) is 0 Å². The molecule has 3 nitrogen and oxygen atoms in total. The van der Waals surface area contributed by atoms with Crippen LogP contribution in [-0.2, 0) is 10.8 Å². The van der Waals surface area contributed by atoms with Crippen LogP contribution in [0.2, 0.25) is 5.28 Å². The molecule has 1 rings (SSSR count). The van der Waals surface area contributed by atoms with E-state index in [4.69, 9.17) is 16.6 Å². The molecule has 0 fully saturated rings. The van der Waals surface area contributed by atoms with Gasteiger partial charge in [0, 0.05) is 10.8 Å². The first-order valence-corrected chi connectivity index (χ1v) is 8.77. The Hall–Kier alpha value is -0.700. The Morgan fingerprint density at radius 1 is 0.619 bits per heavy atom. The minimum absolute atomic E-state index is 0.0162. The van der Waals surface area contributed by atoms with Gasteiger partial charge in [0.15, 0.2) is 0 Å². The van der Waals surface area contributed by atoms with Crippen molar-refractivity contribution in [2.45, 2.75) is 90.9 Å². The molecule has 1 aromatic rings. The first kappa shape index (κ1) is 18.3. The van der Waals surface area contributed by atoms with Crippen molar-refractivity contribution in [3.05, 3.63) is 16.9 Å². The van der Waals surface area contributed by atoms with E-state index >= 15 is 0 Å². The highest BCUT2D eigenvalue weighted by Gasteiger charge is 2.35. The Kier molecular flexibility index (Phi) is 6.58. The molecule has 0 saturated heterocycles. The lowest BCUT2D eigenvalue weighted by molar-refractivity contribution is 0.329. The zero-order valence-electron chi connectivity index (χ0n) is 14.5. The molecule has 0 N–H and O–H groups in total. The van der Waals surface area contributed by atoms with Crippen molar-refractivity contribution >= 4 is 11.6 Å². The Morgan fingerprint density at radius 2 is 0.905 bits per heavy atom. The Labute approximate surface area is 135 Å². The van der Waals surface area contributed by atoms with E-state index in [0.29, 0.717) is 5.28 Å². The lowest BCUT2D eigenvalue weighted by Gasteiger charge is -2.32. The Morgan fingerprint density at radius 3 is 1.14 bits per heavy atom. The molecule has 0 unspecified atom stereocenters. The molecule has 120 valence electrons. The van der Waals surface area contributed by atoms with Gasteiger partial charge in [-0.05, 0) is 50.1 Å². The van der Waals surface area contributed by atoms with Crippen LogP contribution in [0.5, 0.6) is 0 Å². The van der Waals surface area contributed by atoms with Crippen LogP contribution in [0.3, 0.4) is 0 Å². The summed E-state index contributed by atoms with van der Waals surface area (Å²) in [6.07, 6.45) is 6.15. The molecule has 0 aliphatic rings. The molecule has 0 radical (unpaired) electrons. The SMILES string of the molecule is CCC(CC)(CC)c1nc(Cl)nc(C(CC)(CC)CC)n1. The van der Waals surface area contributed by atoms with Crippen LogP contribution in [0.1, 0.15) is 91.7 Å². The van der Waals surface area contributed by atoms with Crippen molar-refractivity contribution in [2.24, 2.45) is 0 Å². The van der Waals surface area contributed by atoms with E-state index in [9.17, 15) is 0 Å². The van der Waals surface area contributed by atoms with Crippen molar-refractivity contribution in [1.82, 2.24) is 15.0 Å². The summed E-state index contributed by atoms with van der Waals surface area (Å²) >= 11 is 6.24. The van der Waals surface area contributed by atoms with E-state index < -0.39 is 0 Å². The normalized spacial score (nSPS) is 12.7. The average Bonchev–Trinajstić information content (AvgIpc) is 2.52. The number of aromatic nitrogens is 3. The third kappa shape index (κ3) is 3.39. The van der Waals surface area contributed by atoms with Gasteiger partial charge in [0.05, 0.1) is 0 Å². The summed E-state index contributed by atoms with van der Waals surface area (Å²) in [6.45, 7) is 13.2. The van der Waals surface area contributed by atoms with E-state index in [1.807, 2.05) is 0 Å². The molecule has 0 saturated carbocycles. The molecular weight excluding hydrogens is 282 g/mol. The van der Waals surface area contributed by atoms with Gasteiger partial charge in [-0.1, -0.05) is 41.5 Å². The highest BCUT2D eigenvalue weighted by atomic mass is 35.5. The predicted molar refractivity (Wildman–Crippen MR) is 89.9 cm³/mol. The smallest absolute Gasteiger partial charge is 0.217 e. The van der Waals surface area contributed by atoms with Crippen molar-refractivity contribution in [3.63, 3.8) is 0 Å². The standard InChI is InChI=1S/C17H30ClN3/c1-7-16(8-2,9-3)13-19-14(21-15(18)20-13)17(10-4,11-5)12-6/h7-12H2,1-6H3. The number of nitrogens with zero attached hydrogens (tertiary/aromatic N) is 3. The molecule has 0 amide bonds. The van der Waals surface area contributed by atoms with E-state index in [2.05, 4.69) is 51.5 Å². The lowest BCUT2D eigenvalue weighted by atomic mass is 9.77. The molecule has 1 heterocycles. The molecule has 4 heteroatoms. The van der Waals surface area contributed by atoms with Crippen LogP contribution in [0.15, 0.2) is 0 Å². The van der Waals surface area contributed by atoms with Gasteiger partial charge in [-0.25, -0.2) is 15.0 Å². The second-order valence-corrected chi connectivity index (χ2v) is 6.27. The van der Waals surface area contributed by atoms with Gasteiger partial charge in [0.1, 0.15) is 11.6 Å². The fourth-order valence-electron chi connectivity index (χ4n) is 3.27. The summed E-state index contributed by atoms with van der Waals surface area (Å²) in [5.41, 5.74) is 0.0323. The summed E-state index contributed by atoms with van der Waals surface area (Å²) in [7, 11) is 0. The van der Waals surface area contributed by atoms with Crippen LogP contribution in [-0.4, -0.2) is 15.0 Å². The summed E-state index contributed by atoms with van der Waals surface area (Å²) in [5, 5.41) is 0.342. The minimum Gasteiger partial charge on any atom is -0.217 e. The third-order valence-electron chi connectivity index (χ3n) is 5.62. The third-order valence-corrected chi connectivity index (χ3v) is 5.79. The Balaban J connectivity index is 3.46. The average molecular weight is 312 g/mol. The lowest BCUT2D eigenvalue weighted by Crippen LogP contribution is -2.32. The number of halogens is 1. The number of hydrogen-bond donors (Lipinski definition) is 0. The quantitative estimate of drug-likeness (QED) is 0.639. The van der Waals surface area contributed by atoms with Gasteiger partial charge < -0.3 is 0 Å². The molecular formula is C17H30ClN3. The van der Waals surface area contributed by atoms with E-state index in [-0.39, 0.29) is 10.8 Å². The summed E-state index contributed by atoms with van der Waals surface area (Å²) in [4.78, 5) is 13.9. The fraction of sp³-hybridized carbons (Fsp3) is 0.824. The second kappa shape index (κ2) is 7.53. The molecule has 0 aliphatic carbocycles. The Bertz CT molecular complexity index is 397. The first-order valence-electron chi connectivity index (χ1n) is 8.39. The molecule has 0 aromatic carbocycles. The van der Waals surface area contributed by atoms with Crippen molar-refractivity contribution in [2.75, 3.05) is 0 Å². The molecule has 0 aliphatic heterocycles. The summed E-state index contributed by atoms with van der Waals surface area (Å²) in [5.74, 6) is 1.76. The van der Waals surface area contributed by atoms with E-state index in [0.717, 1.165) is 50.2 Å². The van der Waals surface area contributed by atoms with Crippen molar-refractivity contribution in [1.29, 1.82) is 0 Å². The van der Waals surface area contributed by atoms with Gasteiger partial charge in [-0.2, -0.15) is 0 Å². The fourth-order valence-corrected chi connectivity index (χ4v) is 3.43. The zero-order valence-corrected chi connectivity index (χ0v) is 15.2. The highest BCUT2D eigenvalue weighted by molar-refractivity contribution is 6.28. The van der Waals surface area contributed by atoms with Crippen molar-refractivity contribution in [3.8, 4) is 0 Å². The van der Waals surface area contributed by atoms with Gasteiger partial charge >= 0.3 is 0 Å². The maximum atomic E-state index is 6.24. The van der Waals surface area contributed by atoms with Gasteiger partial charge in [-0.3, -0.25) is 0 Å². The minimum atomic E-state index is 0.0162. The maximum Gasteiger partial charge on any atom is 0.225 e. The largest absolute Gasteiger partial charge is 0.225 e. The molecule has 1 aromatic heterocycles. The molecule has 21 heavy (non-hydrogen) atoms. The van der Waals surface area contributed by atoms with E-state index in [1.54, 1.807) is 0 Å². The van der Waals surface area contributed by atoms with Crippen molar-refractivity contribution < 1.29 is 0 Å². The van der Waals surface area contributed by atoms with Crippen LogP contribution in [0.25, 0.3) is 0 Å². The van der Waals surface area contributed by atoms with Gasteiger partial charge in [0.25, 0.3) is 0 Å². The number of rotatable bonds is 8. The molecule has 0 spiro atoms. The zero-order chi connectivity index (χ0) is 16.1.